The van der Waals surface area contributed by atoms with Gasteiger partial charge in [0.15, 0.2) is 0 Å². The quantitative estimate of drug-likeness (QED) is 0.696. The fourth-order valence-corrected chi connectivity index (χ4v) is 3.62. The van der Waals surface area contributed by atoms with Crippen molar-refractivity contribution in [3.63, 3.8) is 0 Å². The SMILES string of the molecule is c1cc2ccc1CSCc1ccc(o1)CSC2. The van der Waals surface area contributed by atoms with Crippen LogP contribution in [0.1, 0.15) is 22.6 Å². The number of thioether (sulfide) groups is 2. The Bertz CT molecular complexity index is 444. The van der Waals surface area contributed by atoms with Gasteiger partial charge in [-0.1, -0.05) is 24.3 Å². The van der Waals surface area contributed by atoms with Crippen LogP contribution in [-0.2, 0) is 23.0 Å². The van der Waals surface area contributed by atoms with Gasteiger partial charge in [-0.2, -0.15) is 0 Å². The van der Waals surface area contributed by atoms with Crippen LogP contribution in [0.4, 0.5) is 0 Å². The van der Waals surface area contributed by atoms with Crippen molar-refractivity contribution in [1.82, 2.24) is 0 Å². The molecular weight excluding hydrogens is 248 g/mol. The Kier molecular flexibility index (Phi) is 3.48. The Hall–Kier alpha value is -0.800. The Morgan fingerprint density at radius 2 is 1.12 bits per heavy atom. The van der Waals surface area contributed by atoms with E-state index in [0.717, 1.165) is 34.5 Å². The van der Waals surface area contributed by atoms with Crippen molar-refractivity contribution in [2.24, 2.45) is 0 Å². The van der Waals surface area contributed by atoms with Crippen molar-refractivity contribution in [3.05, 3.63) is 59.0 Å². The predicted octanol–water partition coefficient (Wildman–Crippen LogP) is 4.46. The highest BCUT2D eigenvalue weighted by molar-refractivity contribution is 7.98. The molecule has 0 saturated heterocycles. The maximum absolute atomic E-state index is 5.79. The van der Waals surface area contributed by atoms with E-state index in [0.29, 0.717) is 0 Å². The summed E-state index contributed by atoms with van der Waals surface area (Å²) in [5.41, 5.74) is 2.80. The largest absolute Gasteiger partial charge is 0.464 e. The monoisotopic (exact) mass is 262 g/mol. The molecule has 0 atom stereocenters. The maximum Gasteiger partial charge on any atom is 0.114 e. The third-order valence-electron chi connectivity index (χ3n) is 2.77. The first-order chi connectivity index (χ1) is 8.40. The molecule has 1 aromatic heterocycles. The minimum Gasteiger partial charge on any atom is -0.464 e. The molecule has 0 amide bonds. The van der Waals surface area contributed by atoms with E-state index in [2.05, 4.69) is 36.4 Å². The number of furan rings is 1. The summed E-state index contributed by atoms with van der Waals surface area (Å²) in [6, 6.07) is 13.2. The minimum absolute atomic E-state index is 0.965. The van der Waals surface area contributed by atoms with Gasteiger partial charge in [-0.25, -0.2) is 0 Å². The highest BCUT2D eigenvalue weighted by atomic mass is 32.2. The van der Waals surface area contributed by atoms with E-state index in [1.165, 1.54) is 11.1 Å². The van der Waals surface area contributed by atoms with Crippen molar-refractivity contribution in [1.29, 1.82) is 0 Å². The number of benzene rings is 1. The third kappa shape index (κ3) is 2.90. The third-order valence-corrected chi connectivity index (χ3v) is 4.82. The van der Waals surface area contributed by atoms with E-state index in [1.807, 2.05) is 23.5 Å². The summed E-state index contributed by atoms with van der Waals surface area (Å²) in [6.45, 7) is 0. The molecule has 2 aliphatic rings. The normalized spacial score (nSPS) is 16.0. The molecule has 1 nitrogen and oxygen atoms in total. The van der Waals surface area contributed by atoms with Crippen molar-refractivity contribution in [3.8, 4) is 0 Å². The lowest BCUT2D eigenvalue weighted by Gasteiger charge is -2.03. The van der Waals surface area contributed by atoms with Gasteiger partial charge < -0.3 is 4.42 Å². The number of hydrogen-bond acceptors (Lipinski definition) is 3. The van der Waals surface area contributed by atoms with Gasteiger partial charge >= 0.3 is 0 Å². The van der Waals surface area contributed by atoms with Gasteiger partial charge in [0.2, 0.25) is 0 Å². The zero-order chi connectivity index (χ0) is 11.5. The number of hydrogen-bond donors (Lipinski definition) is 0. The minimum atomic E-state index is 0.965. The molecule has 3 heterocycles. The molecule has 0 N–H and O–H groups in total. The molecular formula is C14H14OS2. The van der Waals surface area contributed by atoms with Crippen LogP contribution in [0, 0.1) is 0 Å². The Labute approximate surface area is 110 Å². The zero-order valence-electron chi connectivity index (χ0n) is 9.52. The van der Waals surface area contributed by atoms with Gasteiger partial charge in [-0.05, 0) is 23.3 Å². The molecule has 4 rings (SSSR count). The summed E-state index contributed by atoms with van der Waals surface area (Å²) in [5, 5.41) is 0. The average molecular weight is 262 g/mol. The van der Waals surface area contributed by atoms with Gasteiger partial charge in [0.1, 0.15) is 11.5 Å². The van der Waals surface area contributed by atoms with E-state index in [4.69, 9.17) is 4.42 Å². The fraction of sp³-hybridized carbons (Fsp3) is 0.286. The summed E-state index contributed by atoms with van der Waals surface area (Å²) in [6.07, 6.45) is 0. The summed E-state index contributed by atoms with van der Waals surface area (Å²) < 4.78 is 5.79. The standard InChI is InChI=1S/C14H14OS2/c1-2-12-4-3-11(1)7-16-9-13-5-6-14(15-13)10-17-8-12/h1-6H,7-10H2. The lowest BCUT2D eigenvalue weighted by molar-refractivity contribution is 0.498. The molecule has 2 aromatic rings. The van der Waals surface area contributed by atoms with Gasteiger partial charge in [-0.15, -0.1) is 23.5 Å². The van der Waals surface area contributed by atoms with E-state index < -0.39 is 0 Å². The summed E-state index contributed by atoms with van der Waals surface area (Å²) in [4.78, 5) is 0. The van der Waals surface area contributed by atoms with Crippen LogP contribution in [0.2, 0.25) is 0 Å². The topological polar surface area (TPSA) is 13.1 Å². The second kappa shape index (κ2) is 5.23. The van der Waals surface area contributed by atoms with E-state index in [9.17, 15) is 0 Å². The Morgan fingerprint density at radius 3 is 1.59 bits per heavy atom. The number of fused-ring (bicyclic) bond motifs is 6. The van der Waals surface area contributed by atoms with E-state index in [1.54, 1.807) is 0 Å². The first kappa shape index (κ1) is 11.3. The maximum atomic E-state index is 5.79. The number of rotatable bonds is 0. The fourth-order valence-electron chi connectivity index (χ4n) is 1.85. The first-order valence-electron chi connectivity index (χ1n) is 5.71. The van der Waals surface area contributed by atoms with Gasteiger partial charge in [0, 0.05) is 11.5 Å². The molecule has 0 spiro atoms. The summed E-state index contributed by atoms with van der Waals surface area (Å²) >= 11 is 3.82. The van der Waals surface area contributed by atoms with Gasteiger partial charge in [0.05, 0.1) is 11.5 Å². The van der Waals surface area contributed by atoms with Crippen molar-refractivity contribution in [2.75, 3.05) is 0 Å². The molecule has 3 heteroatoms. The molecule has 17 heavy (non-hydrogen) atoms. The molecule has 0 aliphatic carbocycles. The predicted molar refractivity (Wildman–Crippen MR) is 75.1 cm³/mol. The van der Waals surface area contributed by atoms with Crippen LogP contribution in [0.15, 0.2) is 40.8 Å². The molecule has 4 bridgehead atoms. The van der Waals surface area contributed by atoms with Crippen LogP contribution in [0.25, 0.3) is 0 Å². The van der Waals surface area contributed by atoms with Gasteiger partial charge in [-0.3, -0.25) is 0 Å². The highest BCUT2D eigenvalue weighted by Gasteiger charge is 2.05. The molecule has 88 valence electrons. The van der Waals surface area contributed by atoms with Crippen molar-refractivity contribution < 1.29 is 4.42 Å². The first-order valence-corrected chi connectivity index (χ1v) is 8.02. The molecule has 0 saturated carbocycles. The van der Waals surface area contributed by atoms with Crippen LogP contribution in [0.3, 0.4) is 0 Å². The van der Waals surface area contributed by atoms with Gasteiger partial charge in [0.25, 0.3) is 0 Å². The highest BCUT2D eigenvalue weighted by Crippen LogP contribution is 2.25. The Morgan fingerprint density at radius 1 is 0.647 bits per heavy atom. The van der Waals surface area contributed by atoms with Crippen molar-refractivity contribution >= 4 is 23.5 Å². The molecule has 0 radical (unpaired) electrons. The van der Waals surface area contributed by atoms with E-state index >= 15 is 0 Å². The molecule has 0 unspecified atom stereocenters. The van der Waals surface area contributed by atoms with E-state index in [-0.39, 0.29) is 0 Å². The molecule has 2 aliphatic heterocycles. The summed E-state index contributed by atoms with van der Waals surface area (Å²) in [5.74, 6) is 6.24. The Balaban J connectivity index is 1.81. The molecule has 0 fully saturated rings. The lowest BCUT2D eigenvalue weighted by Crippen LogP contribution is -1.85. The van der Waals surface area contributed by atoms with Crippen LogP contribution >= 0.6 is 23.5 Å². The molecule has 1 aromatic carbocycles. The van der Waals surface area contributed by atoms with Crippen molar-refractivity contribution in [2.45, 2.75) is 23.0 Å². The second-order valence-corrected chi connectivity index (χ2v) is 6.14. The average Bonchev–Trinajstić information content (AvgIpc) is 2.80. The van der Waals surface area contributed by atoms with Crippen LogP contribution < -0.4 is 0 Å². The zero-order valence-corrected chi connectivity index (χ0v) is 11.2. The van der Waals surface area contributed by atoms with Crippen LogP contribution in [0.5, 0.6) is 0 Å². The second-order valence-electron chi connectivity index (χ2n) is 4.17. The lowest BCUT2D eigenvalue weighted by atomic mass is 10.2. The smallest absolute Gasteiger partial charge is 0.114 e. The van der Waals surface area contributed by atoms with Crippen LogP contribution in [-0.4, -0.2) is 0 Å². The summed E-state index contributed by atoms with van der Waals surface area (Å²) in [7, 11) is 0.